The standard InChI is InChI=1S/C26H21ClN4O2S/c1-2-15-33-23-13-3-18(4-14-23)16-28-31-25(32)20-7-5-19(6-8-20)24-17-34-26(30-24)29-22-11-9-21(27)10-12-22/h2-14,16-17H,1,15H2,(H,29,30)(H,31,32)/b28-16-. The Hall–Kier alpha value is -3.94. The number of rotatable bonds is 9. The van der Waals surface area contributed by atoms with Gasteiger partial charge in [0.2, 0.25) is 0 Å². The predicted octanol–water partition coefficient (Wildman–Crippen LogP) is 6.54. The summed E-state index contributed by atoms with van der Waals surface area (Å²) in [5.74, 6) is 0.450. The van der Waals surface area contributed by atoms with E-state index in [1.807, 2.05) is 66.0 Å². The molecule has 34 heavy (non-hydrogen) atoms. The molecule has 0 saturated carbocycles. The number of anilines is 2. The van der Waals surface area contributed by atoms with Gasteiger partial charge in [0.25, 0.3) is 5.91 Å². The fourth-order valence-electron chi connectivity index (χ4n) is 2.95. The van der Waals surface area contributed by atoms with Crippen molar-refractivity contribution in [2.75, 3.05) is 11.9 Å². The van der Waals surface area contributed by atoms with Gasteiger partial charge in [-0.3, -0.25) is 4.79 Å². The molecule has 0 spiro atoms. The first-order valence-electron chi connectivity index (χ1n) is 10.4. The Morgan fingerprint density at radius 2 is 1.79 bits per heavy atom. The van der Waals surface area contributed by atoms with Gasteiger partial charge in [-0.1, -0.05) is 36.4 Å². The van der Waals surface area contributed by atoms with Gasteiger partial charge in [0.1, 0.15) is 12.4 Å². The van der Waals surface area contributed by atoms with Gasteiger partial charge in [-0.15, -0.1) is 11.3 Å². The molecule has 4 aromatic rings. The third kappa shape index (κ3) is 6.31. The highest BCUT2D eigenvalue weighted by atomic mass is 35.5. The van der Waals surface area contributed by atoms with E-state index in [0.717, 1.165) is 33.4 Å². The molecular formula is C26H21ClN4O2S. The summed E-state index contributed by atoms with van der Waals surface area (Å²) < 4.78 is 5.44. The second-order valence-corrected chi connectivity index (χ2v) is 8.41. The van der Waals surface area contributed by atoms with Crippen molar-refractivity contribution < 1.29 is 9.53 Å². The molecule has 0 bridgehead atoms. The van der Waals surface area contributed by atoms with Crippen molar-refractivity contribution in [2.45, 2.75) is 0 Å². The number of thiazole rings is 1. The average molecular weight is 489 g/mol. The van der Waals surface area contributed by atoms with Crippen molar-refractivity contribution >= 4 is 45.9 Å². The van der Waals surface area contributed by atoms with Crippen molar-refractivity contribution in [2.24, 2.45) is 5.10 Å². The monoisotopic (exact) mass is 488 g/mol. The molecule has 4 rings (SSSR count). The SMILES string of the molecule is C=CCOc1ccc(/C=N\NC(=O)c2ccc(-c3csc(Nc4ccc(Cl)cc4)n3)cc2)cc1. The van der Waals surface area contributed by atoms with Crippen LogP contribution in [0.4, 0.5) is 10.8 Å². The van der Waals surface area contributed by atoms with E-state index in [2.05, 4.69) is 27.4 Å². The van der Waals surface area contributed by atoms with Crippen molar-refractivity contribution in [1.82, 2.24) is 10.4 Å². The van der Waals surface area contributed by atoms with E-state index in [1.54, 1.807) is 24.4 Å². The van der Waals surface area contributed by atoms with Crippen molar-refractivity contribution in [3.8, 4) is 17.0 Å². The maximum absolute atomic E-state index is 12.4. The predicted molar refractivity (Wildman–Crippen MR) is 139 cm³/mol. The van der Waals surface area contributed by atoms with Crippen LogP contribution in [0.25, 0.3) is 11.3 Å². The second kappa shape index (κ2) is 11.3. The number of nitrogens with one attached hydrogen (secondary N) is 2. The molecule has 0 aliphatic heterocycles. The number of aromatic nitrogens is 1. The van der Waals surface area contributed by atoms with Gasteiger partial charge in [0, 0.05) is 27.2 Å². The summed E-state index contributed by atoms with van der Waals surface area (Å²) in [6, 6.07) is 22.0. The van der Waals surface area contributed by atoms with E-state index < -0.39 is 0 Å². The normalized spacial score (nSPS) is 10.7. The maximum atomic E-state index is 12.4. The smallest absolute Gasteiger partial charge is 0.271 e. The summed E-state index contributed by atoms with van der Waals surface area (Å²) in [7, 11) is 0. The first-order valence-corrected chi connectivity index (χ1v) is 11.6. The first kappa shape index (κ1) is 23.2. The number of ether oxygens (including phenoxy) is 1. The summed E-state index contributed by atoms with van der Waals surface area (Å²) in [6.45, 7) is 4.07. The number of halogens is 1. The lowest BCUT2D eigenvalue weighted by molar-refractivity contribution is 0.0955. The fourth-order valence-corrected chi connectivity index (χ4v) is 3.81. The van der Waals surface area contributed by atoms with E-state index in [1.165, 1.54) is 11.3 Å². The van der Waals surface area contributed by atoms with E-state index in [9.17, 15) is 4.79 Å². The van der Waals surface area contributed by atoms with Crippen LogP contribution in [0.2, 0.25) is 5.02 Å². The number of nitrogens with zero attached hydrogens (tertiary/aromatic N) is 2. The molecule has 3 aromatic carbocycles. The first-order chi connectivity index (χ1) is 16.6. The quantitative estimate of drug-likeness (QED) is 0.159. The van der Waals surface area contributed by atoms with E-state index in [0.29, 0.717) is 17.2 Å². The zero-order chi connectivity index (χ0) is 23.8. The number of amides is 1. The summed E-state index contributed by atoms with van der Waals surface area (Å²) in [5, 5.41) is 10.7. The summed E-state index contributed by atoms with van der Waals surface area (Å²) >= 11 is 7.43. The number of carbonyl (C=O) groups excluding carboxylic acids is 1. The summed E-state index contributed by atoms with van der Waals surface area (Å²) in [5.41, 5.74) is 6.54. The zero-order valence-electron chi connectivity index (χ0n) is 18.1. The Balaban J connectivity index is 1.32. The minimum absolute atomic E-state index is 0.294. The Morgan fingerprint density at radius 3 is 2.50 bits per heavy atom. The second-order valence-electron chi connectivity index (χ2n) is 7.11. The molecule has 6 nitrogen and oxygen atoms in total. The molecule has 0 aliphatic rings. The topological polar surface area (TPSA) is 75.6 Å². The molecule has 0 fully saturated rings. The maximum Gasteiger partial charge on any atom is 0.271 e. The van der Waals surface area contributed by atoms with Gasteiger partial charge >= 0.3 is 0 Å². The van der Waals surface area contributed by atoms with Crippen LogP contribution >= 0.6 is 22.9 Å². The molecule has 0 atom stereocenters. The van der Waals surface area contributed by atoms with Gasteiger partial charge < -0.3 is 10.1 Å². The number of hydrazone groups is 1. The van der Waals surface area contributed by atoms with Crippen LogP contribution in [0.1, 0.15) is 15.9 Å². The van der Waals surface area contributed by atoms with Crippen LogP contribution in [-0.4, -0.2) is 23.7 Å². The highest BCUT2D eigenvalue weighted by Crippen LogP contribution is 2.27. The zero-order valence-corrected chi connectivity index (χ0v) is 19.6. The highest BCUT2D eigenvalue weighted by molar-refractivity contribution is 7.14. The minimum Gasteiger partial charge on any atom is -0.490 e. The third-order valence-corrected chi connectivity index (χ3v) is 5.68. The Kier molecular flexibility index (Phi) is 7.70. The van der Waals surface area contributed by atoms with E-state index >= 15 is 0 Å². The molecule has 0 radical (unpaired) electrons. The lowest BCUT2D eigenvalue weighted by Crippen LogP contribution is -2.17. The molecule has 0 unspecified atom stereocenters. The molecule has 1 aromatic heterocycles. The van der Waals surface area contributed by atoms with Gasteiger partial charge in [-0.25, -0.2) is 10.4 Å². The molecular weight excluding hydrogens is 468 g/mol. The fraction of sp³-hybridized carbons (Fsp3) is 0.0385. The van der Waals surface area contributed by atoms with Crippen LogP contribution in [0, 0.1) is 0 Å². The minimum atomic E-state index is -0.294. The average Bonchev–Trinajstić information content (AvgIpc) is 3.33. The molecule has 170 valence electrons. The molecule has 8 heteroatoms. The van der Waals surface area contributed by atoms with Crippen LogP contribution in [0.5, 0.6) is 5.75 Å². The highest BCUT2D eigenvalue weighted by Gasteiger charge is 2.08. The Morgan fingerprint density at radius 1 is 1.06 bits per heavy atom. The van der Waals surface area contributed by atoms with Crippen LogP contribution < -0.4 is 15.5 Å². The third-order valence-electron chi connectivity index (χ3n) is 4.67. The lowest BCUT2D eigenvalue weighted by Gasteiger charge is -2.03. The van der Waals surface area contributed by atoms with Gasteiger partial charge in [0.15, 0.2) is 5.13 Å². The molecule has 1 amide bonds. The largest absolute Gasteiger partial charge is 0.490 e. The lowest BCUT2D eigenvalue weighted by atomic mass is 10.1. The van der Waals surface area contributed by atoms with Gasteiger partial charge in [-0.2, -0.15) is 5.10 Å². The van der Waals surface area contributed by atoms with E-state index in [-0.39, 0.29) is 5.91 Å². The van der Waals surface area contributed by atoms with Crippen LogP contribution in [0.3, 0.4) is 0 Å². The van der Waals surface area contributed by atoms with Crippen LogP contribution in [0.15, 0.2) is 95.9 Å². The number of hydrogen-bond acceptors (Lipinski definition) is 6. The molecule has 2 N–H and O–H groups in total. The van der Waals surface area contributed by atoms with Crippen molar-refractivity contribution in [1.29, 1.82) is 0 Å². The molecule has 0 aliphatic carbocycles. The van der Waals surface area contributed by atoms with Crippen molar-refractivity contribution in [3.05, 3.63) is 107 Å². The Bertz CT molecular complexity index is 1280. The number of hydrogen-bond donors (Lipinski definition) is 2. The number of benzene rings is 3. The van der Waals surface area contributed by atoms with Crippen molar-refractivity contribution in [3.63, 3.8) is 0 Å². The Labute approximate surface area is 206 Å². The van der Waals surface area contributed by atoms with Gasteiger partial charge in [-0.05, 0) is 66.2 Å². The van der Waals surface area contributed by atoms with E-state index in [4.69, 9.17) is 16.3 Å². The summed E-state index contributed by atoms with van der Waals surface area (Å²) in [6.07, 6.45) is 3.26. The van der Waals surface area contributed by atoms with Gasteiger partial charge in [0.05, 0.1) is 11.9 Å². The molecule has 1 heterocycles. The number of carbonyl (C=O) groups is 1. The van der Waals surface area contributed by atoms with Crippen LogP contribution in [-0.2, 0) is 0 Å². The molecule has 0 saturated heterocycles. The summed E-state index contributed by atoms with van der Waals surface area (Å²) in [4.78, 5) is 17.0.